The number of aliphatic hydroxyl groups excluding tert-OH is 1. The third-order valence-electron chi connectivity index (χ3n) is 3.67. The van der Waals surface area contributed by atoms with E-state index < -0.39 is 0 Å². The highest BCUT2D eigenvalue weighted by molar-refractivity contribution is 4.90. The molecule has 82 valence electrons. The number of aliphatic hydroxyl groups is 1. The molecule has 1 saturated heterocycles. The molecule has 0 radical (unpaired) electrons. The summed E-state index contributed by atoms with van der Waals surface area (Å²) in [6.45, 7) is 3.38. The first kappa shape index (κ1) is 10.4. The monoisotopic (exact) mass is 198 g/mol. The van der Waals surface area contributed by atoms with Crippen LogP contribution in [0.4, 0.5) is 0 Å². The lowest BCUT2D eigenvalue weighted by Crippen LogP contribution is -2.54. The van der Waals surface area contributed by atoms with Crippen molar-refractivity contribution in [1.29, 1.82) is 0 Å². The van der Waals surface area contributed by atoms with Crippen LogP contribution in [0.15, 0.2) is 0 Å². The zero-order chi connectivity index (χ0) is 9.97. The molecule has 2 aliphatic rings. The highest BCUT2D eigenvalue weighted by atomic mass is 16.3. The Morgan fingerprint density at radius 2 is 1.93 bits per heavy atom. The van der Waals surface area contributed by atoms with Gasteiger partial charge in [0.25, 0.3) is 0 Å². The van der Waals surface area contributed by atoms with Crippen molar-refractivity contribution in [3.63, 3.8) is 0 Å². The Bertz CT molecular complexity index is 186. The van der Waals surface area contributed by atoms with E-state index in [2.05, 4.69) is 17.6 Å². The molecule has 0 spiro atoms. The molecule has 1 aliphatic carbocycles. The van der Waals surface area contributed by atoms with Crippen LogP contribution in [0.5, 0.6) is 0 Å². The van der Waals surface area contributed by atoms with Crippen molar-refractivity contribution in [3.8, 4) is 0 Å². The zero-order valence-corrected chi connectivity index (χ0v) is 9.00. The fourth-order valence-corrected chi connectivity index (χ4v) is 2.68. The largest absolute Gasteiger partial charge is 0.392 e. The van der Waals surface area contributed by atoms with E-state index in [0.717, 1.165) is 19.4 Å². The maximum atomic E-state index is 9.72. The first-order chi connectivity index (χ1) is 6.77. The van der Waals surface area contributed by atoms with Crippen LogP contribution in [0.1, 0.15) is 39.0 Å². The van der Waals surface area contributed by atoms with Gasteiger partial charge in [-0.15, -0.1) is 0 Å². The van der Waals surface area contributed by atoms with Gasteiger partial charge in [-0.1, -0.05) is 0 Å². The van der Waals surface area contributed by atoms with Gasteiger partial charge >= 0.3 is 0 Å². The van der Waals surface area contributed by atoms with E-state index in [-0.39, 0.29) is 6.10 Å². The van der Waals surface area contributed by atoms with Gasteiger partial charge in [0.2, 0.25) is 0 Å². The molecule has 3 heteroatoms. The second kappa shape index (κ2) is 4.60. The zero-order valence-electron chi connectivity index (χ0n) is 9.00. The van der Waals surface area contributed by atoms with Crippen molar-refractivity contribution in [2.75, 3.05) is 6.54 Å². The van der Waals surface area contributed by atoms with Crippen molar-refractivity contribution in [2.45, 2.75) is 63.3 Å². The molecule has 0 aromatic carbocycles. The van der Waals surface area contributed by atoms with Crippen LogP contribution >= 0.6 is 0 Å². The quantitative estimate of drug-likeness (QED) is 0.610. The Labute approximate surface area is 86.3 Å². The van der Waals surface area contributed by atoms with E-state index in [9.17, 15) is 5.11 Å². The van der Waals surface area contributed by atoms with Crippen LogP contribution in [0.25, 0.3) is 0 Å². The van der Waals surface area contributed by atoms with Crippen LogP contribution in [0.2, 0.25) is 0 Å². The van der Waals surface area contributed by atoms with E-state index in [1.54, 1.807) is 0 Å². The van der Waals surface area contributed by atoms with Gasteiger partial charge in [0.1, 0.15) is 0 Å². The molecular formula is C11H22N2O. The summed E-state index contributed by atoms with van der Waals surface area (Å²) in [6.07, 6.45) is 5.69. The molecule has 0 aromatic heterocycles. The molecule has 0 aromatic rings. The molecule has 3 nitrogen and oxygen atoms in total. The second-order valence-electron chi connectivity index (χ2n) is 4.76. The fraction of sp³-hybridized carbons (Fsp3) is 1.00. The minimum Gasteiger partial charge on any atom is -0.392 e. The predicted molar refractivity (Wildman–Crippen MR) is 57.3 cm³/mol. The molecule has 4 unspecified atom stereocenters. The highest BCUT2D eigenvalue weighted by Gasteiger charge is 2.29. The first-order valence-electron chi connectivity index (χ1n) is 5.95. The number of hydrogen-bond donors (Lipinski definition) is 3. The van der Waals surface area contributed by atoms with Gasteiger partial charge in [0, 0.05) is 18.1 Å². The second-order valence-corrected chi connectivity index (χ2v) is 4.76. The van der Waals surface area contributed by atoms with Crippen LogP contribution in [0.3, 0.4) is 0 Å². The summed E-state index contributed by atoms with van der Waals surface area (Å²) in [4.78, 5) is 0. The average molecular weight is 198 g/mol. The summed E-state index contributed by atoms with van der Waals surface area (Å²) in [5, 5.41) is 16.8. The smallest absolute Gasteiger partial charge is 0.0693 e. The van der Waals surface area contributed by atoms with Crippen molar-refractivity contribution in [1.82, 2.24) is 10.6 Å². The maximum absolute atomic E-state index is 9.72. The lowest BCUT2D eigenvalue weighted by molar-refractivity contribution is 0.134. The van der Waals surface area contributed by atoms with E-state index in [0.29, 0.717) is 18.1 Å². The number of hydrogen-bond acceptors (Lipinski definition) is 3. The molecule has 2 rings (SSSR count). The average Bonchev–Trinajstić information content (AvgIpc) is 2.56. The van der Waals surface area contributed by atoms with Crippen LogP contribution in [-0.2, 0) is 0 Å². The summed E-state index contributed by atoms with van der Waals surface area (Å²) >= 11 is 0. The van der Waals surface area contributed by atoms with Crippen molar-refractivity contribution in [2.24, 2.45) is 0 Å². The number of rotatable bonds is 2. The van der Waals surface area contributed by atoms with Gasteiger partial charge in [-0.3, -0.25) is 0 Å². The summed E-state index contributed by atoms with van der Waals surface area (Å²) < 4.78 is 0. The lowest BCUT2D eigenvalue weighted by Gasteiger charge is -2.33. The first-order valence-corrected chi connectivity index (χ1v) is 5.95. The molecule has 4 atom stereocenters. The standard InChI is InChI=1S/C11H22N2O/c1-8-9(5-3-7-12-8)13-10-4-2-6-11(10)14/h8-14H,2-7H2,1H3. The van der Waals surface area contributed by atoms with E-state index >= 15 is 0 Å². The molecule has 0 amide bonds. The summed E-state index contributed by atoms with van der Waals surface area (Å²) in [5.74, 6) is 0. The number of nitrogens with one attached hydrogen (secondary N) is 2. The van der Waals surface area contributed by atoms with Gasteiger partial charge in [0.15, 0.2) is 0 Å². The van der Waals surface area contributed by atoms with Crippen LogP contribution < -0.4 is 10.6 Å². The summed E-state index contributed by atoms with van der Waals surface area (Å²) in [5.41, 5.74) is 0. The molecule has 3 N–H and O–H groups in total. The van der Waals surface area contributed by atoms with Gasteiger partial charge < -0.3 is 15.7 Å². The molecule has 1 aliphatic heterocycles. The molecule has 2 fully saturated rings. The minimum atomic E-state index is -0.107. The topological polar surface area (TPSA) is 44.3 Å². The Morgan fingerprint density at radius 1 is 1.14 bits per heavy atom. The Balaban J connectivity index is 1.83. The lowest BCUT2D eigenvalue weighted by atomic mass is 9.98. The van der Waals surface area contributed by atoms with E-state index in [1.165, 1.54) is 19.3 Å². The molecule has 1 saturated carbocycles. The van der Waals surface area contributed by atoms with E-state index in [4.69, 9.17) is 0 Å². The van der Waals surface area contributed by atoms with Crippen molar-refractivity contribution >= 4 is 0 Å². The van der Waals surface area contributed by atoms with E-state index in [1.807, 2.05) is 0 Å². The maximum Gasteiger partial charge on any atom is 0.0693 e. The fourth-order valence-electron chi connectivity index (χ4n) is 2.68. The Hall–Kier alpha value is -0.120. The van der Waals surface area contributed by atoms with Crippen LogP contribution in [-0.4, -0.2) is 35.9 Å². The Kier molecular flexibility index (Phi) is 3.42. The Morgan fingerprint density at radius 3 is 2.57 bits per heavy atom. The third kappa shape index (κ3) is 2.27. The minimum absolute atomic E-state index is 0.107. The van der Waals surface area contributed by atoms with Crippen LogP contribution in [0, 0.1) is 0 Å². The third-order valence-corrected chi connectivity index (χ3v) is 3.67. The van der Waals surface area contributed by atoms with Crippen molar-refractivity contribution in [3.05, 3.63) is 0 Å². The molecular weight excluding hydrogens is 176 g/mol. The molecule has 14 heavy (non-hydrogen) atoms. The predicted octanol–water partition coefficient (Wildman–Crippen LogP) is 0.630. The normalized spacial score (nSPS) is 44.1. The highest BCUT2D eigenvalue weighted by Crippen LogP contribution is 2.21. The SMILES string of the molecule is CC1NCCCC1NC1CCCC1O. The van der Waals surface area contributed by atoms with Gasteiger partial charge in [-0.2, -0.15) is 0 Å². The summed E-state index contributed by atoms with van der Waals surface area (Å²) in [6, 6.07) is 1.46. The molecule has 1 heterocycles. The summed E-state index contributed by atoms with van der Waals surface area (Å²) in [7, 11) is 0. The van der Waals surface area contributed by atoms with Crippen molar-refractivity contribution < 1.29 is 5.11 Å². The van der Waals surface area contributed by atoms with Gasteiger partial charge in [0.05, 0.1) is 6.10 Å². The van der Waals surface area contributed by atoms with Gasteiger partial charge in [-0.25, -0.2) is 0 Å². The number of piperidine rings is 1. The molecule has 0 bridgehead atoms. The van der Waals surface area contributed by atoms with Gasteiger partial charge in [-0.05, 0) is 45.6 Å².